The highest BCUT2D eigenvalue weighted by Crippen LogP contribution is 2.40. The van der Waals surface area contributed by atoms with Crippen LogP contribution in [0.4, 0.5) is 18.9 Å². The van der Waals surface area contributed by atoms with Gasteiger partial charge in [0.1, 0.15) is 17.5 Å². The minimum Gasteiger partial charge on any atom is -0.486 e. The van der Waals surface area contributed by atoms with Gasteiger partial charge < -0.3 is 14.6 Å². The van der Waals surface area contributed by atoms with Crippen LogP contribution < -0.4 is 9.04 Å². The monoisotopic (exact) mass is 529 g/mol. The Hall–Kier alpha value is -2.79. The van der Waals surface area contributed by atoms with Gasteiger partial charge in [-0.25, -0.2) is 8.42 Å². The van der Waals surface area contributed by atoms with Gasteiger partial charge >= 0.3 is 12.1 Å². The van der Waals surface area contributed by atoms with Gasteiger partial charge in [0, 0.05) is 6.42 Å². The summed E-state index contributed by atoms with van der Waals surface area (Å²) in [5, 5.41) is 10.3. The van der Waals surface area contributed by atoms with Crippen molar-refractivity contribution in [3.63, 3.8) is 0 Å². The Morgan fingerprint density at radius 2 is 1.78 bits per heavy atom. The van der Waals surface area contributed by atoms with Crippen molar-refractivity contribution in [2.45, 2.75) is 75.8 Å². The van der Waals surface area contributed by atoms with E-state index < -0.39 is 49.9 Å². The minimum absolute atomic E-state index is 0.0701. The molecule has 1 heterocycles. The molecule has 1 atom stereocenters. The Labute approximate surface area is 208 Å². The van der Waals surface area contributed by atoms with Crippen LogP contribution in [0.15, 0.2) is 47.4 Å². The molecule has 0 saturated heterocycles. The van der Waals surface area contributed by atoms with Crippen LogP contribution in [0.1, 0.15) is 52.2 Å². The average Bonchev–Trinajstić information content (AvgIpc) is 2.70. The fourth-order valence-electron chi connectivity index (χ4n) is 3.86. The first-order chi connectivity index (χ1) is 16.3. The van der Waals surface area contributed by atoms with Gasteiger partial charge in [0.2, 0.25) is 0 Å². The number of ether oxygens (including phenoxy) is 2. The van der Waals surface area contributed by atoms with E-state index in [1.807, 2.05) is 0 Å². The molecule has 0 spiro atoms. The number of esters is 1. The number of carbonyl (C=O) groups excluding carboxylic acids is 1. The number of carbonyl (C=O) groups is 1. The molecular formula is C25H30F3NO6S. The van der Waals surface area contributed by atoms with E-state index in [4.69, 9.17) is 9.47 Å². The third-order valence-electron chi connectivity index (χ3n) is 5.20. The molecule has 7 nitrogen and oxygen atoms in total. The van der Waals surface area contributed by atoms with Crippen molar-refractivity contribution < 1.29 is 41.0 Å². The van der Waals surface area contributed by atoms with Gasteiger partial charge in [-0.3, -0.25) is 9.10 Å². The van der Waals surface area contributed by atoms with Gasteiger partial charge in [-0.1, -0.05) is 12.1 Å². The van der Waals surface area contributed by atoms with Gasteiger partial charge in [0.25, 0.3) is 10.0 Å². The zero-order valence-electron chi connectivity index (χ0n) is 20.7. The second-order valence-electron chi connectivity index (χ2n) is 10.4. The summed E-state index contributed by atoms with van der Waals surface area (Å²) < 4.78 is 79.3. The Morgan fingerprint density at radius 3 is 2.36 bits per heavy atom. The second-order valence-corrected chi connectivity index (χ2v) is 12.2. The number of sulfonamides is 1. The molecule has 2 aromatic rings. The van der Waals surface area contributed by atoms with E-state index in [0.29, 0.717) is 11.6 Å². The summed E-state index contributed by atoms with van der Waals surface area (Å²) >= 11 is 0. The van der Waals surface area contributed by atoms with E-state index in [1.165, 1.54) is 12.1 Å². The predicted octanol–water partition coefficient (Wildman–Crippen LogP) is 4.71. The van der Waals surface area contributed by atoms with Crippen molar-refractivity contribution in [2.75, 3.05) is 10.8 Å². The number of alkyl halides is 3. The summed E-state index contributed by atoms with van der Waals surface area (Å²) in [6.07, 6.45) is -5.57. The largest absolute Gasteiger partial charge is 0.486 e. The first-order valence-corrected chi connectivity index (χ1v) is 12.7. The van der Waals surface area contributed by atoms with Gasteiger partial charge in [-0.05, 0) is 70.5 Å². The Bertz CT molecular complexity index is 1230. The smallest absolute Gasteiger partial charge is 0.416 e. The molecule has 3 rings (SSSR count). The first-order valence-electron chi connectivity index (χ1n) is 11.3. The van der Waals surface area contributed by atoms with E-state index in [2.05, 4.69) is 0 Å². The van der Waals surface area contributed by atoms with Gasteiger partial charge in [-0.15, -0.1) is 0 Å². The van der Waals surface area contributed by atoms with Gasteiger partial charge in [0.15, 0.2) is 0 Å². The van der Waals surface area contributed by atoms with Crippen LogP contribution in [0.25, 0.3) is 0 Å². The van der Waals surface area contributed by atoms with Crippen LogP contribution in [0.5, 0.6) is 5.75 Å². The summed E-state index contributed by atoms with van der Waals surface area (Å²) in [4.78, 5) is 11.8. The fourth-order valence-corrected chi connectivity index (χ4v) is 5.41. The highest BCUT2D eigenvalue weighted by molar-refractivity contribution is 7.92. The Balaban J connectivity index is 2.05. The number of hydrogen-bond acceptors (Lipinski definition) is 6. The molecule has 1 aliphatic heterocycles. The fraction of sp³-hybridized carbons (Fsp3) is 0.480. The van der Waals surface area contributed by atoms with Crippen molar-refractivity contribution in [2.24, 2.45) is 0 Å². The summed E-state index contributed by atoms with van der Waals surface area (Å²) in [5.41, 5.74) is -2.47. The minimum atomic E-state index is -4.72. The lowest BCUT2D eigenvalue weighted by Gasteiger charge is -2.37. The lowest BCUT2D eigenvalue weighted by Crippen LogP contribution is -2.46. The molecule has 0 bridgehead atoms. The maximum absolute atomic E-state index is 13.6. The van der Waals surface area contributed by atoms with Crippen LogP contribution in [0, 0.1) is 0 Å². The number of benzene rings is 2. The summed E-state index contributed by atoms with van der Waals surface area (Å²) in [7, 11) is -4.47. The molecule has 0 aromatic heterocycles. The number of fused-ring (bicyclic) bond motifs is 1. The normalized spacial score (nSPS) is 16.8. The molecular weight excluding hydrogens is 499 g/mol. The van der Waals surface area contributed by atoms with Crippen molar-refractivity contribution in [3.8, 4) is 5.75 Å². The molecule has 1 aliphatic rings. The third-order valence-corrected chi connectivity index (χ3v) is 6.98. The first kappa shape index (κ1) is 27.8. The molecule has 0 amide bonds. The number of anilines is 1. The van der Waals surface area contributed by atoms with Crippen LogP contribution >= 0.6 is 0 Å². The number of hydrogen-bond donors (Lipinski definition) is 1. The summed E-state index contributed by atoms with van der Waals surface area (Å²) in [5.74, 6) is -0.356. The predicted molar refractivity (Wildman–Crippen MR) is 127 cm³/mol. The van der Waals surface area contributed by atoms with Crippen molar-refractivity contribution in [3.05, 3.63) is 53.6 Å². The quantitative estimate of drug-likeness (QED) is 0.545. The highest BCUT2D eigenvalue weighted by atomic mass is 32.2. The molecule has 0 aliphatic carbocycles. The van der Waals surface area contributed by atoms with Crippen molar-refractivity contribution >= 4 is 21.7 Å². The molecule has 198 valence electrons. The van der Waals surface area contributed by atoms with Crippen molar-refractivity contribution in [1.29, 1.82) is 0 Å². The molecule has 1 N–H and O–H groups in total. The SMILES string of the molecule is CC(C)(O)C[C@H]1CN(S(=O)(=O)c2cccc(C(F)(F)F)c2)c2cc(CC(=O)OC(C)(C)C)ccc2O1. The lowest BCUT2D eigenvalue weighted by molar-refractivity contribution is -0.153. The van der Waals surface area contributed by atoms with Crippen LogP contribution in [0.2, 0.25) is 0 Å². The number of rotatable bonds is 6. The Morgan fingerprint density at radius 1 is 1.11 bits per heavy atom. The molecule has 0 saturated carbocycles. The molecule has 0 radical (unpaired) electrons. The van der Waals surface area contributed by atoms with E-state index in [0.717, 1.165) is 22.5 Å². The number of halogens is 3. The molecule has 0 fully saturated rings. The summed E-state index contributed by atoms with van der Waals surface area (Å²) in [6, 6.07) is 8.04. The Kier molecular flexibility index (Phi) is 7.40. The zero-order chi connectivity index (χ0) is 27.1. The van der Waals surface area contributed by atoms with Crippen LogP contribution in [-0.4, -0.2) is 43.3 Å². The van der Waals surface area contributed by atoms with E-state index in [1.54, 1.807) is 40.7 Å². The number of nitrogens with zero attached hydrogens (tertiary/aromatic N) is 1. The zero-order valence-corrected chi connectivity index (χ0v) is 21.5. The molecule has 0 unspecified atom stereocenters. The van der Waals surface area contributed by atoms with Crippen molar-refractivity contribution in [1.82, 2.24) is 0 Å². The van der Waals surface area contributed by atoms with Crippen LogP contribution in [-0.2, 0) is 32.2 Å². The maximum Gasteiger partial charge on any atom is 0.416 e. The summed E-state index contributed by atoms with van der Waals surface area (Å²) in [6.45, 7) is 8.00. The third kappa shape index (κ3) is 6.91. The van der Waals surface area contributed by atoms with Gasteiger partial charge in [0.05, 0.1) is 34.7 Å². The van der Waals surface area contributed by atoms with E-state index in [-0.39, 0.29) is 30.8 Å². The average molecular weight is 530 g/mol. The highest BCUT2D eigenvalue weighted by Gasteiger charge is 2.38. The topological polar surface area (TPSA) is 93.1 Å². The van der Waals surface area contributed by atoms with E-state index in [9.17, 15) is 31.5 Å². The standard InChI is InChI=1S/C25H30F3NO6S/c1-23(2,3)35-22(30)12-16-9-10-21-20(11-16)29(15-18(34-21)14-24(4,5)31)36(32,33)19-8-6-7-17(13-19)25(26,27)28/h6-11,13,18,31H,12,14-15H2,1-5H3/t18-/m0/s1. The van der Waals surface area contributed by atoms with Crippen LogP contribution in [0.3, 0.4) is 0 Å². The molecule has 11 heteroatoms. The van der Waals surface area contributed by atoms with E-state index >= 15 is 0 Å². The number of aliphatic hydroxyl groups is 1. The lowest BCUT2D eigenvalue weighted by atomic mass is 9.99. The molecule has 2 aromatic carbocycles. The maximum atomic E-state index is 13.6. The molecule has 36 heavy (non-hydrogen) atoms. The van der Waals surface area contributed by atoms with Gasteiger partial charge in [-0.2, -0.15) is 13.2 Å². The second kappa shape index (κ2) is 9.59.